The Morgan fingerprint density at radius 1 is 1.13 bits per heavy atom. The summed E-state index contributed by atoms with van der Waals surface area (Å²) in [4.78, 5) is 14.1. The highest BCUT2D eigenvalue weighted by Gasteiger charge is 2.13. The van der Waals surface area contributed by atoms with Crippen LogP contribution in [0.5, 0.6) is 11.5 Å². The van der Waals surface area contributed by atoms with E-state index in [1.165, 1.54) is 5.56 Å². The molecule has 0 atom stereocenters. The molecule has 1 fully saturated rings. The van der Waals surface area contributed by atoms with Gasteiger partial charge in [-0.15, -0.1) is 0 Å². The lowest BCUT2D eigenvalue weighted by Gasteiger charge is -2.25. The Bertz CT molecular complexity index is 846. The first-order chi connectivity index (χ1) is 14.6. The van der Waals surface area contributed by atoms with Gasteiger partial charge in [-0.25, -0.2) is 5.43 Å². The first-order valence-electron chi connectivity index (χ1n) is 10.2. The number of aryl methyl sites for hydroxylation is 1. The summed E-state index contributed by atoms with van der Waals surface area (Å²) in [6.45, 7) is 8.14. The standard InChI is InChI=1S/C23H29N3O4/c1-3-29-22-14-20(15-24-25-23(27)16-26-10-12-28-13-11-26)8-9-21(22)30-17-19-6-4-18(2)5-7-19/h4-9,14-15H,3,10-13,16-17H2,1-2H3,(H,25,27)/b24-15-. The molecular weight excluding hydrogens is 382 g/mol. The van der Waals surface area contributed by atoms with Crippen LogP contribution in [0.1, 0.15) is 23.6 Å². The Kier molecular flexibility index (Phi) is 8.23. The maximum atomic E-state index is 12.0. The van der Waals surface area contributed by atoms with Crippen molar-refractivity contribution in [3.8, 4) is 11.5 Å². The number of carbonyl (C=O) groups excluding carboxylic acids is 1. The van der Waals surface area contributed by atoms with Crippen LogP contribution in [0.15, 0.2) is 47.6 Å². The molecule has 0 aliphatic carbocycles. The highest BCUT2D eigenvalue weighted by atomic mass is 16.5. The lowest BCUT2D eigenvalue weighted by Crippen LogP contribution is -2.42. The van der Waals surface area contributed by atoms with Crippen LogP contribution in [0, 0.1) is 6.92 Å². The third kappa shape index (κ3) is 6.86. The van der Waals surface area contributed by atoms with Gasteiger partial charge in [-0.3, -0.25) is 9.69 Å². The van der Waals surface area contributed by atoms with Crippen molar-refractivity contribution in [3.05, 3.63) is 59.2 Å². The predicted octanol–water partition coefficient (Wildman–Crippen LogP) is 2.76. The van der Waals surface area contributed by atoms with E-state index in [9.17, 15) is 4.79 Å². The fourth-order valence-corrected chi connectivity index (χ4v) is 3.01. The van der Waals surface area contributed by atoms with E-state index in [1.54, 1.807) is 6.21 Å². The van der Waals surface area contributed by atoms with Crippen LogP contribution in [-0.2, 0) is 16.1 Å². The molecule has 0 aromatic heterocycles. The number of rotatable bonds is 9. The van der Waals surface area contributed by atoms with Crippen LogP contribution < -0.4 is 14.9 Å². The van der Waals surface area contributed by atoms with E-state index in [-0.39, 0.29) is 5.91 Å². The molecule has 1 saturated heterocycles. The van der Waals surface area contributed by atoms with Gasteiger partial charge in [0, 0.05) is 13.1 Å². The zero-order valence-electron chi connectivity index (χ0n) is 17.6. The molecule has 3 rings (SSSR count). The summed E-state index contributed by atoms with van der Waals surface area (Å²) in [6, 6.07) is 13.8. The largest absolute Gasteiger partial charge is 0.490 e. The van der Waals surface area contributed by atoms with Crippen molar-refractivity contribution in [2.75, 3.05) is 39.5 Å². The Hall–Kier alpha value is -2.90. The van der Waals surface area contributed by atoms with E-state index in [2.05, 4.69) is 41.7 Å². The second-order valence-electron chi connectivity index (χ2n) is 7.10. The second kappa shape index (κ2) is 11.3. The molecular formula is C23H29N3O4. The number of benzene rings is 2. The molecule has 0 unspecified atom stereocenters. The molecule has 1 amide bonds. The molecule has 0 spiro atoms. The molecule has 30 heavy (non-hydrogen) atoms. The van der Waals surface area contributed by atoms with Gasteiger partial charge in [0.2, 0.25) is 0 Å². The van der Waals surface area contributed by atoms with Gasteiger partial charge in [0.1, 0.15) is 6.61 Å². The van der Waals surface area contributed by atoms with Crippen LogP contribution in [0.4, 0.5) is 0 Å². The number of nitrogens with one attached hydrogen (secondary N) is 1. The average molecular weight is 412 g/mol. The smallest absolute Gasteiger partial charge is 0.254 e. The topological polar surface area (TPSA) is 72.4 Å². The van der Waals surface area contributed by atoms with E-state index in [4.69, 9.17) is 14.2 Å². The number of amides is 1. The van der Waals surface area contributed by atoms with Crippen molar-refractivity contribution in [3.63, 3.8) is 0 Å². The molecule has 7 heteroatoms. The van der Waals surface area contributed by atoms with Crippen LogP contribution in [0.3, 0.4) is 0 Å². The number of hydrogen-bond acceptors (Lipinski definition) is 6. The van der Waals surface area contributed by atoms with E-state index >= 15 is 0 Å². The van der Waals surface area contributed by atoms with Gasteiger partial charge >= 0.3 is 0 Å². The van der Waals surface area contributed by atoms with E-state index in [0.717, 1.165) is 24.2 Å². The first-order valence-corrected chi connectivity index (χ1v) is 10.2. The summed E-state index contributed by atoms with van der Waals surface area (Å²) in [5.74, 6) is 1.18. The lowest BCUT2D eigenvalue weighted by molar-refractivity contribution is -0.123. The van der Waals surface area contributed by atoms with Gasteiger partial charge in [0.25, 0.3) is 5.91 Å². The number of morpholine rings is 1. The van der Waals surface area contributed by atoms with Gasteiger partial charge in [-0.05, 0) is 43.2 Å². The molecule has 1 heterocycles. The van der Waals surface area contributed by atoms with Gasteiger partial charge in [0.05, 0.1) is 32.6 Å². The molecule has 2 aromatic rings. The van der Waals surface area contributed by atoms with Crippen molar-refractivity contribution in [2.45, 2.75) is 20.5 Å². The Balaban J connectivity index is 1.55. The summed E-state index contributed by atoms with van der Waals surface area (Å²) < 4.78 is 16.9. The molecule has 2 aromatic carbocycles. The maximum absolute atomic E-state index is 12.0. The molecule has 7 nitrogen and oxygen atoms in total. The van der Waals surface area contributed by atoms with Gasteiger partial charge in [-0.1, -0.05) is 29.8 Å². The minimum atomic E-state index is -0.142. The van der Waals surface area contributed by atoms with Crippen LogP contribution in [0.25, 0.3) is 0 Å². The zero-order chi connectivity index (χ0) is 21.2. The molecule has 1 aliphatic heterocycles. The summed E-state index contributed by atoms with van der Waals surface area (Å²) in [6.07, 6.45) is 1.60. The quantitative estimate of drug-likeness (QED) is 0.507. The minimum Gasteiger partial charge on any atom is -0.490 e. The fourth-order valence-electron chi connectivity index (χ4n) is 3.01. The number of nitrogens with zero attached hydrogens (tertiary/aromatic N) is 2. The SMILES string of the molecule is CCOc1cc(/C=N\NC(=O)CN2CCOCC2)ccc1OCc1ccc(C)cc1. The van der Waals surface area contributed by atoms with E-state index in [1.807, 2.05) is 30.0 Å². The normalized spacial score (nSPS) is 14.6. The van der Waals surface area contributed by atoms with Gasteiger partial charge < -0.3 is 14.2 Å². The average Bonchev–Trinajstić information content (AvgIpc) is 2.75. The number of ether oxygens (including phenoxy) is 3. The van der Waals surface area contributed by atoms with E-state index in [0.29, 0.717) is 44.5 Å². The summed E-state index contributed by atoms with van der Waals surface area (Å²) in [5, 5.41) is 4.06. The maximum Gasteiger partial charge on any atom is 0.254 e. The lowest BCUT2D eigenvalue weighted by atomic mass is 10.2. The molecule has 0 radical (unpaired) electrons. The van der Waals surface area contributed by atoms with Crippen molar-refractivity contribution in [2.24, 2.45) is 5.10 Å². The fraction of sp³-hybridized carbons (Fsp3) is 0.391. The Morgan fingerprint density at radius 3 is 2.63 bits per heavy atom. The van der Waals surface area contributed by atoms with Gasteiger partial charge in [0.15, 0.2) is 11.5 Å². The first kappa shape index (κ1) is 21.8. The molecule has 1 aliphatic rings. The molecule has 0 bridgehead atoms. The van der Waals surface area contributed by atoms with Crippen molar-refractivity contribution < 1.29 is 19.0 Å². The van der Waals surface area contributed by atoms with Crippen LogP contribution in [0.2, 0.25) is 0 Å². The summed E-state index contributed by atoms with van der Waals surface area (Å²) in [7, 11) is 0. The highest BCUT2D eigenvalue weighted by Crippen LogP contribution is 2.29. The van der Waals surface area contributed by atoms with Crippen molar-refractivity contribution >= 4 is 12.1 Å². The predicted molar refractivity (Wildman–Crippen MR) is 116 cm³/mol. The minimum absolute atomic E-state index is 0.142. The highest BCUT2D eigenvalue weighted by molar-refractivity contribution is 5.83. The molecule has 0 saturated carbocycles. The number of hydrogen-bond donors (Lipinski definition) is 1. The van der Waals surface area contributed by atoms with Crippen molar-refractivity contribution in [1.29, 1.82) is 0 Å². The Morgan fingerprint density at radius 2 is 1.90 bits per heavy atom. The van der Waals surface area contributed by atoms with Crippen molar-refractivity contribution in [1.82, 2.24) is 10.3 Å². The Labute approximate surface area is 177 Å². The monoisotopic (exact) mass is 411 g/mol. The molecule has 1 N–H and O–H groups in total. The second-order valence-corrected chi connectivity index (χ2v) is 7.10. The molecule has 160 valence electrons. The van der Waals surface area contributed by atoms with Gasteiger partial charge in [-0.2, -0.15) is 5.10 Å². The third-order valence-corrected chi connectivity index (χ3v) is 4.66. The summed E-state index contributed by atoms with van der Waals surface area (Å²) >= 11 is 0. The number of carbonyl (C=O) groups is 1. The van der Waals surface area contributed by atoms with Crippen LogP contribution >= 0.6 is 0 Å². The zero-order valence-corrected chi connectivity index (χ0v) is 17.6. The van der Waals surface area contributed by atoms with E-state index < -0.39 is 0 Å². The third-order valence-electron chi connectivity index (χ3n) is 4.66. The number of hydrazone groups is 1. The van der Waals surface area contributed by atoms with Crippen LogP contribution in [-0.4, -0.2) is 56.5 Å². The summed E-state index contributed by atoms with van der Waals surface area (Å²) in [5.41, 5.74) is 5.70.